The number of aliphatic hydroxyl groups is 4. The Morgan fingerprint density at radius 3 is 1.83 bits per heavy atom. The van der Waals surface area contributed by atoms with Gasteiger partial charge in [0.25, 0.3) is 0 Å². The summed E-state index contributed by atoms with van der Waals surface area (Å²) in [5, 5.41) is 35.9. The van der Waals surface area contributed by atoms with Crippen LogP contribution in [0.3, 0.4) is 0 Å². The monoisotopic (exact) mass is 339 g/mol. The van der Waals surface area contributed by atoms with Crippen LogP contribution in [-0.2, 0) is 14.2 Å². The minimum Gasteiger partial charge on any atom is -0.394 e. The van der Waals surface area contributed by atoms with Crippen LogP contribution in [0.4, 0.5) is 0 Å². The molecule has 0 bridgehead atoms. The second-order valence-corrected chi connectivity index (χ2v) is 6.38. The molecule has 0 amide bonds. The summed E-state index contributed by atoms with van der Waals surface area (Å²) in [5.41, 5.74) is 4.55. The fourth-order valence-corrected chi connectivity index (χ4v) is 1.84. The third-order valence-electron chi connectivity index (χ3n) is 3.39. The van der Waals surface area contributed by atoms with Gasteiger partial charge in [0.1, 0.15) is 17.9 Å². The number of nitrogens with two attached hydrogens (primary N) is 1. The minimum absolute atomic E-state index is 0.246. The molecule has 8 heteroatoms. The summed E-state index contributed by atoms with van der Waals surface area (Å²) in [4.78, 5) is 0. The lowest BCUT2D eigenvalue weighted by Crippen LogP contribution is -2.43. The van der Waals surface area contributed by atoms with Crippen molar-refractivity contribution in [3.8, 4) is 0 Å². The van der Waals surface area contributed by atoms with Gasteiger partial charge >= 0.3 is 0 Å². The van der Waals surface area contributed by atoms with E-state index in [2.05, 4.69) is 0 Å². The smallest absolute Gasteiger partial charge is 0.116 e. The first-order chi connectivity index (χ1) is 10.7. The molecule has 0 aromatic rings. The highest BCUT2D eigenvalue weighted by Gasteiger charge is 2.25. The van der Waals surface area contributed by atoms with Gasteiger partial charge in [-0.05, 0) is 27.2 Å². The van der Waals surface area contributed by atoms with Crippen molar-refractivity contribution in [2.75, 3.05) is 39.6 Å². The summed E-state index contributed by atoms with van der Waals surface area (Å²) < 4.78 is 16.5. The lowest BCUT2D eigenvalue weighted by molar-refractivity contribution is -0.131. The van der Waals surface area contributed by atoms with E-state index >= 15 is 0 Å². The summed E-state index contributed by atoms with van der Waals surface area (Å²) >= 11 is 0. The maximum Gasteiger partial charge on any atom is 0.116 e. The first kappa shape index (κ1) is 22.7. The Morgan fingerprint density at radius 1 is 0.826 bits per heavy atom. The van der Waals surface area contributed by atoms with Crippen LogP contribution in [0.25, 0.3) is 0 Å². The van der Waals surface area contributed by atoms with Gasteiger partial charge in [0.05, 0.1) is 45.2 Å². The van der Waals surface area contributed by atoms with Crippen molar-refractivity contribution in [3.63, 3.8) is 0 Å². The lowest BCUT2D eigenvalue weighted by atomic mass is 10.1. The molecule has 0 aromatic carbocycles. The van der Waals surface area contributed by atoms with Gasteiger partial charge in [-0.2, -0.15) is 0 Å². The average Bonchev–Trinajstić information content (AvgIpc) is 2.48. The number of rotatable bonds is 14. The molecular formula is C15H33NO7. The highest BCUT2D eigenvalue weighted by molar-refractivity contribution is 4.73. The van der Waals surface area contributed by atoms with Crippen molar-refractivity contribution < 1.29 is 34.6 Å². The molecule has 0 radical (unpaired) electrons. The zero-order chi connectivity index (χ0) is 17.9. The van der Waals surface area contributed by atoms with Gasteiger partial charge in [0, 0.05) is 6.42 Å². The Labute approximate surface area is 138 Å². The van der Waals surface area contributed by atoms with E-state index in [0.29, 0.717) is 19.4 Å². The second kappa shape index (κ2) is 11.3. The maximum atomic E-state index is 9.04. The van der Waals surface area contributed by atoms with Gasteiger partial charge in [-0.1, -0.05) is 0 Å². The molecule has 0 aliphatic rings. The maximum absolute atomic E-state index is 9.04. The Kier molecular flexibility index (Phi) is 11.1. The molecule has 0 fully saturated rings. The predicted molar refractivity (Wildman–Crippen MR) is 84.8 cm³/mol. The summed E-state index contributed by atoms with van der Waals surface area (Å²) in [5.74, 6) is 0. The third kappa shape index (κ3) is 11.0. The summed E-state index contributed by atoms with van der Waals surface area (Å²) in [6, 6.07) is 0. The van der Waals surface area contributed by atoms with E-state index < -0.39 is 23.5 Å². The molecule has 0 heterocycles. The summed E-state index contributed by atoms with van der Waals surface area (Å²) in [6.45, 7) is 5.02. The molecule has 0 aliphatic heterocycles. The summed E-state index contributed by atoms with van der Waals surface area (Å²) in [6.07, 6.45) is -0.281. The molecular weight excluding hydrogens is 306 g/mol. The predicted octanol–water partition coefficient (Wildman–Crippen LogP) is -1.02. The molecule has 0 aromatic heterocycles. The SMILES string of the molecule is CC(C)(CCOC(C)(N)CCOC(CO)CO)OC(CO)CO. The molecule has 0 spiro atoms. The Morgan fingerprint density at radius 2 is 1.35 bits per heavy atom. The zero-order valence-corrected chi connectivity index (χ0v) is 14.4. The van der Waals surface area contributed by atoms with Gasteiger partial charge in [-0.15, -0.1) is 0 Å². The number of hydrogen-bond donors (Lipinski definition) is 5. The largest absolute Gasteiger partial charge is 0.394 e. The van der Waals surface area contributed by atoms with Crippen LogP contribution in [0.5, 0.6) is 0 Å². The molecule has 0 saturated carbocycles. The van der Waals surface area contributed by atoms with E-state index in [1.807, 2.05) is 13.8 Å². The molecule has 1 atom stereocenters. The van der Waals surface area contributed by atoms with E-state index in [4.69, 9.17) is 40.4 Å². The molecule has 6 N–H and O–H groups in total. The first-order valence-electron chi connectivity index (χ1n) is 7.85. The van der Waals surface area contributed by atoms with Crippen LogP contribution >= 0.6 is 0 Å². The normalized spacial score (nSPS) is 15.4. The van der Waals surface area contributed by atoms with E-state index in [1.165, 1.54) is 0 Å². The Bertz CT molecular complexity index is 292. The highest BCUT2D eigenvalue weighted by Crippen LogP contribution is 2.19. The molecule has 8 nitrogen and oxygen atoms in total. The molecule has 0 rings (SSSR count). The zero-order valence-electron chi connectivity index (χ0n) is 14.4. The number of aliphatic hydroxyl groups excluding tert-OH is 4. The van der Waals surface area contributed by atoms with Crippen LogP contribution < -0.4 is 5.73 Å². The molecule has 0 saturated heterocycles. The van der Waals surface area contributed by atoms with E-state index in [9.17, 15) is 0 Å². The van der Waals surface area contributed by atoms with Crippen molar-refractivity contribution in [3.05, 3.63) is 0 Å². The quantitative estimate of drug-likeness (QED) is 0.254. The first-order valence-corrected chi connectivity index (χ1v) is 7.85. The Hall–Kier alpha value is -0.320. The van der Waals surface area contributed by atoms with Crippen molar-refractivity contribution >= 4 is 0 Å². The van der Waals surface area contributed by atoms with Crippen LogP contribution in [-0.4, -0.2) is 83.6 Å². The van der Waals surface area contributed by atoms with Crippen LogP contribution in [0.2, 0.25) is 0 Å². The van der Waals surface area contributed by atoms with Crippen LogP contribution in [0.15, 0.2) is 0 Å². The van der Waals surface area contributed by atoms with Crippen LogP contribution in [0.1, 0.15) is 33.6 Å². The van der Waals surface area contributed by atoms with Crippen LogP contribution in [0, 0.1) is 0 Å². The lowest BCUT2D eigenvalue weighted by Gasteiger charge is -2.31. The highest BCUT2D eigenvalue weighted by atomic mass is 16.5. The van der Waals surface area contributed by atoms with Gasteiger partial charge in [0.15, 0.2) is 0 Å². The molecule has 140 valence electrons. The third-order valence-corrected chi connectivity index (χ3v) is 3.39. The Balaban J connectivity index is 4.08. The van der Waals surface area contributed by atoms with Gasteiger partial charge in [0.2, 0.25) is 0 Å². The van der Waals surface area contributed by atoms with Crippen molar-refractivity contribution in [1.82, 2.24) is 0 Å². The molecule has 0 aliphatic carbocycles. The fourth-order valence-electron chi connectivity index (χ4n) is 1.84. The van der Waals surface area contributed by atoms with E-state index in [0.717, 1.165) is 0 Å². The number of hydrogen-bond acceptors (Lipinski definition) is 8. The second-order valence-electron chi connectivity index (χ2n) is 6.38. The summed E-state index contributed by atoms with van der Waals surface area (Å²) in [7, 11) is 0. The minimum atomic E-state index is -0.904. The van der Waals surface area contributed by atoms with Crippen molar-refractivity contribution in [2.24, 2.45) is 5.73 Å². The molecule has 23 heavy (non-hydrogen) atoms. The van der Waals surface area contributed by atoms with Gasteiger partial charge in [-0.3, -0.25) is 0 Å². The standard InChI is InChI=1S/C15H33NO7/c1-14(2,23-13(10-19)11-20)4-7-22-15(3,16)5-6-21-12(8-17)9-18/h12-13,17-20H,4-11,16H2,1-3H3. The van der Waals surface area contributed by atoms with Crippen molar-refractivity contribution in [2.45, 2.75) is 57.1 Å². The van der Waals surface area contributed by atoms with E-state index in [1.54, 1.807) is 6.92 Å². The average molecular weight is 339 g/mol. The van der Waals surface area contributed by atoms with E-state index in [-0.39, 0.29) is 33.0 Å². The van der Waals surface area contributed by atoms with Crippen molar-refractivity contribution in [1.29, 1.82) is 0 Å². The molecule has 1 unspecified atom stereocenters. The number of ether oxygens (including phenoxy) is 3. The van der Waals surface area contributed by atoms with Gasteiger partial charge < -0.3 is 40.4 Å². The fraction of sp³-hybridized carbons (Fsp3) is 1.00. The topological polar surface area (TPSA) is 135 Å². The van der Waals surface area contributed by atoms with Gasteiger partial charge in [-0.25, -0.2) is 0 Å².